The summed E-state index contributed by atoms with van der Waals surface area (Å²) in [6.07, 6.45) is 3.21. The van der Waals surface area contributed by atoms with Gasteiger partial charge >= 0.3 is 5.69 Å². The van der Waals surface area contributed by atoms with Gasteiger partial charge in [0.15, 0.2) is 5.75 Å². The van der Waals surface area contributed by atoms with Crippen molar-refractivity contribution < 1.29 is 18.1 Å². The van der Waals surface area contributed by atoms with E-state index in [1.54, 1.807) is 0 Å². The van der Waals surface area contributed by atoms with Crippen LogP contribution in [0.1, 0.15) is 24.8 Å². The van der Waals surface area contributed by atoms with Crippen LogP contribution in [-0.4, -0.2) is 19.9 Å². The van der Waals surface area contributed by atoms with Gasteiger partial charge < -0.3 is 4.74 Å². The Labute approximate surface area is 116 Å². The molecule has 0 aromatic heterocycles. The second kappa shape index (κ2) is 5.37. The van der Waals surface area contributed by atoms with Crippen molar-refractivity contribution in [2.75, 3.05) is 6.61 Å². The molecule has 1 aliphatic rings. The third-order valence-corrected chi connectivity index (χ3v) is 4.29. The molecule has 0 aliphatic heterocycles. The van der Waals surface area contributed by atoms with Crippen LogP contribution in [0, 0.1) is 23.0 Å². The topological polar surface area (TPSA) is 113 Å². The molecule has 8 heteroatoms. The van der Waals surface area contributed by atoms with Crippen molar-refractivity contribution in [2.45, 2.75) is 31.1 Å². The van der Waals surface area contributed by atoms with Gasteiger partial charge in [0.05, 0.1) is 16.4 Å². The molecule has 2 rings (SSSR count). The molecule has 0 atom stereocenters. The first kappa shape index (κ1) is 14.7. The Bertz CT molecular complexity index is 637. The molecule has 7 nitrogen and oxygen atoms in total. The van der Waals surface area contributed by atoms with Crippen molar-refractivity contribution in [3.05, 3.63) is 27.8 Å². The summed E-state index contributed by atoms with van der Waals surface area (Å²) in [4.78, 5) is 10.1. The van der Waals surface area contributed by atoms with E-state index in [4.69, 9.17) is 9.88 Å². The Morgan fingerprint density at radius 2 is 2.10 bits per heavy atom. The summed E-state index contributed by atoms with van der Waals surface area (Å²) in [5, 5.41) is 16.0. The number of rotatable bonds is 6. The minimum atomic E-state index is -3.99. The molecule has 0 spiro atoms. The molecule has 0 radical (unpaired) electrons. The van der Waals surface area contributed by atoms with Crippen molar-refractivity contribution in [1.29, 1.82) is 0 Å². The molecule has 20 heavy (non-hydrogen) atoms. The predicted molar refractivity (Wildman–Crippen MR) is 72.0 cm³/mol. The molecule has 1 aromatic carbocycles. The maximum atomic E-state index is 11.4. The molecule has 0 unspecified atom stereocenters. The van der Waals surface area contributed by atoms with Gasteiger partial charge in [0.25, 0.3) is 0 Å². The van der Waals surface area contributed by atoms with Gasteiger partial charge in [0, 0.05) is 6.07 Å². The standard InChI is InChI=1S/C12H16N2O5S/c1-8-6-11(19-5-4-9-2-3-9)10(14(15)16)7-12(8)20(13,17)18/h6-7,9H,2-5H2,1H3,(H2,13,17,18). The van der Waals surface area contributed by atoms with Gasteiger partial charge in [0.2, 0.25) is 10.0 Å². The highest BCUT2D eigenvalue weighted by atomic mass is 32.2. The third-order valence-electron chi connectivity index (χ3n) is 3.24. The lowest BCUT2D eigenvalue weighted by Crippen LogP contribution is -2.14. The minimum Gasteiger partial charge on any atom is -0.487 e. The third kappa shape index (κ3) is 3.45. The number of hydrogen-bond acceptors (Lipinski definition) is 5. The van der Waals surface area contributed by atoms with E-state index in [1.807, 2.05) is 0 Å². The van der Waals surface area contributed by atoms with Crippen molar-refractivity contribution >= 4 is 15.7 Å². The van der Waals surface area contributed by atoms with E-state index < -0.39 is 14.9 Å². The highest BCUT2D eigenvalue weighted by Crippen LogP contribution is 2.35. The lowest BCUT2D eigenvalue weighted by atomic mass is 10.2. The van der Waals surface area contributed by atoms with Crippen LogP contribution in [0.2, 0.25) is 0 Å². The van der Waals surface area contributed by atoms with E-state index in [9.17, 15) is 18.5 Å². The lowest BCUT2D eigenvalue weighted by Gasteiger charge is -2.10. The predicted octanol–water partition coefficient (Wildman–Crippen LogP) is 1.73. The molecular weight excluding hydrogens is 284 g/mol. The zero-order valence-electron chi connectivity index (χ0n) is 11.0. The number of aryl methyl sites for hydroxylation is 1. The molecule has 0 amide bonds. The largest absolute Gasteiger partial charge is 0.487 e. The zero-order valence-corrected chi connectivity index (χ0v) is 11.9. The summed E-state index contributed by atoms with van der Waals surface area (Å²) < 4.78 is 28.2. The molecule has 2 N–H and O–H groups in total. The van der Waals surface area contributed by atoms with E-state index in [1.165, 1.54) is 25.8 Å². The van der Waals surface area contributed by atoms with Crippen LogP contribution in [0.25, 0.3) is 0 Å². The maximum Gasteiger partial charge on any atom is 0.312 e. The molecule has 1 saturated carbocycles. The van der Waals surface area contributed by atoms with Crippen molar-refractivity contribution in [2.24, 2.45) is 11.1 Å². The van der Waals surface area contributed by atoms with Crippen LogP contribution in [-0.2, 0) is 10.0 Å². The Balaban J connectivity index is 2.29. The summed E-state index contributed by atoms with van der Waals surface area (Å²) in [7, 11) is -3.99. The second-order valence-electron chi connectivity index (χ2n) is 4.97. The fourth-order valence-electron chi connectivity index (χ4n) is 1.96. The lowest BCUT2D eigenvalue weighted by molar-refractivity contribution is -0.386. The van der Waals surface area contributed by atoms with E-state index in [2.05, 4.69) is 0 Å². The fraction of sp³-hybridized carbons (Fsp3) is 0.500. The van der Waals surface area contributed by atoms with Crippen molar-refractivity contribution in [3.63, 3.8) is 0 Å². The fourth-order valence-corrected chi connectivity index (χ4v) is 2.74. The van der Waals surface area contributed by atoms with Crippen LogP contribution >= 0.6 is 0 Å². The average molecular weight is 300 g/mol. The van der Waals surface area contributed by atoms with Gasteiger partial charge in [0.1, 0.15) is 0 Å². The number of primary sulfonamides is 1. The van der Waals surface area contributed by atoms with Crippen LogP contribution in [0.3, 0.4) is 0 Å². The summed E-state index contributed by atoms with van der Waals surface area (Å²) in [6, 6.07) is 2.31. The SMILES string of the molecule is Cc1cc(OCCC2CC2)c([N+](=O)[O-])cc1S(N)(=O)=O. The number of nitro groups is 1. The van der Waals surface area contributed by atoms with Gasteiger partial charge in [-0.05, 0) is 30.9 Å². The Morgan fingerprint density at radius 1 is 1.45 bits per heavy atom. The molecule has 0 bridgehead atoms. The summed E-state index contributed by atoms with van der Waals surface area (Å²) in [5.41, 5.74) is -0.0463. The first-order chi connectivity index (χ1) is 9.29. The first-order valence-corrected chi connectivity index (χ1v) is 7.78. The first-order valence-electron chi connectivity index (χ1n) is 6.23. The van der Waals surface area contributed by atoms with E-state index in [0.717, 1.165) is 12.5 Å². The highest BCUT2D eigenvalue weighted by molar-refractivity contribution is 7.89. The molecule has 1 aromatic rings. The maximum absolute atomic E-state index is 11.4. The molecule has 0 saturated heterocycles. The highest BCUT2D eigenvalue weighted by Gasteiger charge is 2.24. The Hall–Kier alpha value is -1.67. The van der Waals surface area contributed by atoms with Crippen LogP contribution in [0.5, 0.6) is 5.75 Å². The molecule has 0 heterocycles. The van der Waals surface area contributed by atoms with Crippen LogP contribution < -0.4 is 9.88 Å². The van der Waals surface area contributed by atoms with Crippen LogP contribution in [0.15, 0.2) is 17.0 Å². The smallest absolute Gasteiger partial charge is 0.312 e. The van der Waals surface area contributed by atoms with Crippen LogP contribution in [0.4, 0.5) is 5.69 Å². The number of nitrogens with two attached hydrogens (primary N) is 1. The zero-order chi connectivity index (χ0) is 14.9. The number of benzene rings is 1. The number of sulfonamides is 1. The molecule has 1 fully saturated rings. The van der Waals surface area contributed by atoms with Gasteiger partial charge in [-0.1, -0.05) is 12.8 Å². The number of nitrogens with zero attached hydrogens (tertiary/aromatic N) is 1. The second-order valence-corrected chi connectivity index (χ2v) is 6.50. The Morgan fingerprint density at radius 3 is 2.60 bits per heavy atom. The van der Waals surface area contributed by atoms with Gasteiger partial charge in [-0.3, -0.25) is 10.1 Å². The number of hydrogen-bond donors (Lipinski definition) is 1. The van der Waals surface area contributed by atoms with Gasteiger partial charge in [-0.25, -0.2) is 13.6 Å². The van der Waals surface area contributed by atoms with E-state index in [-0.39, 0.29) is 16.3 Å². The summed E-state index contributed by atoms with van der Waals surface area (Å²) in [5.74, 6) is 0.736. The minimum absolute atomic E-state index is 0.0838. The average Bonchev–Trinajstić information content (AvgIpc) is 3.11. The Kier molecular flexibility index (Phi) is 3.96. The molecule has 1 aliphatic carbocycles. The van der Waals surface area contributed by atoms with Gasteiger partial charge in [-0.15, -0.1) is 0 Å². The van der Waals surface area contributed by atoms with E-state index >= 15 is 0 Å². The molecule has 110 valence electrons. The monoisotopic (exact) mass is 300 g/mol. The van der Waals surface area contributed by atoms with Gasteiger partial charge in [-0.2, -0.15) is 0 Å². The normalized spacial score (nSPS) is 15.1. The van der Waals surface area contributed by atoms with Crippen molar-refractivity contribution in [1.82, 2.24) is 0 Å². The number of ether oxygens (including phenoxy) is 1. The summed E-state index contributed by atoms with van der Waals surface area (Å²) >= 11 is 0. The van der Waals surface area contributed by atoms with E-state index in [0.29, 0.717) is 18.1 Å². The quantitative estimate of drug-likeness (QED) is 0.635. The molecular formula is C12H16N2O5S. The van der Waals surface area contributed by atoms with Crippen molar-refractivity contribution in [3.8, 4) is 5.75 Å². The summed E-state index contributed by atoms with van der Waals surface area (Å²) in [6.45, 7) is 1.91. The number of nitro benzene ring substituents is 1.